The second-order valence-electron chi connectivity index (χ2n) is 5.22. The highest BCUT2D eigenvalue weighted by atomic mass is 16.5. The van der Waals surface area contributed by atoms with Crippen molar-refractivity contribution in [3.63, 3.8) is 0 Å². The van der Waals surface area contributed by atoms with E-state index in [-0.39, 0.29) is 5.91 Å². The molecule has 1 N–H and O–H groups in total. The predicted molar refractivity (Wildman–Crippen MR) is 95.2 cm³/mol. The minimum absolute atomic E-state index is 0.102. The van der Waals surface area contributed by atoms with Crippen molar-refractivity contribution >= 4 is 16.8 Å². The monoisotopic (exact) mass is 318 g/mol. The van der Waals surface area contributed by atoms with E-state index in [1.807, 2.05) is 66.7 Å². The zero-order valence-electron chi connectivity index (χ0n) is 13.2. The molecule has 0 spiro atoms. The second-order valence-corrected chi connectivity index (χ2v) is 5.22. The fourth-order valence-corrected chi connectivity index (χ4v) is 2.28. The van der Waals surface area contributed by atoms with Crippen LogP contribution in [0.4, 0.5) is 0 Å². The summed E-state index contributed by atoms with van der Waals surface area (Å²) in [7, 11) is 0. The third-order valence-corrected chi connectivity index (χ3v) is 3.50. The van der Waals surface area contributed by atoms with Crippen molar-refractivity contribution in [2.24, 2.45) is 0 Å². The molecule has 120 valence electrons. The Hall–Kier alpha value is -3.14. The Morgan fingerprint density at radius 2 is 1.92 bits per heavy atom. The van der Waals surface area contributed by atoms with Crippen LogP contribution >= 0.6 is 0 Å². The number of amides is 1. The van der Waals surface area contributed by atoms with Gasteiger partial charge in [-0.25, -0.2) is 0 Å². The highest BCUT2D eigenvalue weighted by Crippen LogP contribution is 2.13. The van der Waals surface area contributed by atoms with Gasteiger partial charge in [0.2, 0.25) is 0 Å². The maximum atomic E-state index is 12.1. The van der Waals surface area contributed by atoms with E-state index in [0.717, 1.165) is 16.7 Å². The van der Waals surface area contributed by atoms with Crippen molar-refractivity contribution in [2.45, 2.75) is 0 Å². The summed E-state index contributed by atoms with van der Waals surface area (Å²) in [6.45, 7) is 0.934. The van der Waals surface area contributed by atoms with E-state index in [9.17, 15) is 4.79 Å². The Morgan fingerprint density at radius 3 is 2.79 bits per heavy atom. The number of aromatic nitrogens is 1. The number of nitrogens with zero attached hydrogens (tertiary/aromatic N) is 1. The molecular weight excluding hydrogens is 300 g/mol. The quantitative estimate of drug-likeness (QED) is 0.707. The molecular formula is C20H18N2O2. The summed E-state index contributed by atoms with van der Waals surface area (Å²) in [5.74, 6) is 0.727. The lowest BCUT2D eigenvalue weighted by molar-refractivity contribution is 0.0958. The minimum atomic E-state index is -0.102. The van der Waals surface area contributed by atoms with Crippen molar-refractivity contribution in [2.75, 3.05) is 13.2 Å². The van der Waals surface area contributed by atoms with Gasteiger partial charge in [0.05, 0.1) is 5.52 Å². The smallest absolute Gasteiger partial charge is 0.251 e. The molecule has 2 aromatic carbocycles. The van der Waals surface area contributed by atoms with Crippen molar-refractivity contribution in [1.82, 2.24) is 10.3 Å². The van der Waals surface area contributed by atoms with Gasteiger partial charge in [-0.05, 0) is 42.5 Å². The molecule has 1 amide bonds. The number of para-hydroxylation sites is 1. The number of benzene rings is 2. The third-order valence-electron chi connectivity index (χ3n) is 3.50. The van der Waals surface area contributed by atoms with Gasteiger partial charge in [0.15, 0.2) is 0 Å². The predicted octanol–water partition coefficient (Wildman–Crippen LogP) is 3.60. The molecule has 0 radical (unpaired) electrons. The highest BCUT2D eigenvalue weighted by molar-refractivity contribution is 5.97. The molecule has 1 aromatic heterocycles. The van der Waals surface area contributed by atoms with Gasteiger partial charge in [-0.1, -0.05) is 30.3 Å². The van der Waals surface area contributed by atoms with Crippen LogP contribution in [0.5, 0.6) is 5.75 Å². The fraction of sp³-hybridized carbons (Fsp3) is 0.100. The Labute approximate surface area is 140 Å². The molecule has 0 fully saturated rings. The molecule has 0 aliphatic rings. The van der Waals surface area contributed by atoms with Gasteiger partial charge in [0.1, 0.15) is 12.4 Å². The molecule has 1 heterocycles. The number of fused-ring (bicyclic) bond motifs is 1. The lowest BCUT2D eigenvalue weighted by atomic mass is 10.1. The highest BCUT2D eigenvalue weighted by Gasteiger charge is 2.05. The number of rotatable bonds is 6. The normalized spacial score (nSPS) is 10.8. The summed E-state index contributed by atoms with van der Waals surface area (Å²) in [5.41, 5.74) is 1.51. The van der Waals surface area contributed by atoms with Crippen molar-refractivity contribution < 1.29 is 9.53 Å². The van der Waals surface area contributed by atoms with Gasteiger partial charge in [-0.2, -0.15) is 0 Å². The molecule has 3 aromatic rings. The topological polar surface area (TPSA) is 51.2 Å². The first-order valence-electron chi connectivity index (χ1n) is 7.79. The van der Waals surface area contributed by atoms with E-state index in [2.05, 4.69) is 10.3 Å². The fourth-order valence-electron chi connectivity index (χ4n) is 2.28. The second kappa shape index (κ2) is 7.92. The standard InChI is InChI=1S/C20H18N2O2/c23-20(17-10-11-19-16(15-17)7-6-13-21-19)22-12-4-5-14-24-18-8-2-1-3-9-18/h1-11,13,15H,12,14H2,(H,22,23). The average molecular weight is 318 g/mol. The summed E-state index contributed by atoms with van der Waals surface area (Å²) >= 11 is 0. The van der Waals surface area contributed by atoms with Crippen LogP contribution in [0.2, 0.25) is 0 Å². The molecule has 3 rings (SSSR count). The first-order valence-corrected chi connectivity index (χ1v) is 7.79. The summed E-state index contributed by atoms with van der Waals surface area (Å²) in [5, 5.41) is 3.82. The number of pyridine rings is 1. The molecule has 24 heavy (non-hydrogen) atoms. The van der Waals surface area contributed by atoms with Crippen LogP contribution in [0.15, 0.2) is 79.0 Å². The lowest BCUT2D eigenvalue weighted by Gasteiger charge is -2.04. The average Bonchev–Trinajstić information content (AvgIpc) is 2.65. The first-order chi connectivity index (χ1) is 11.8. The minimum Gasteiger partial charge on any atom is -0.490 e. The first kappa shape index (κ1) is 15.7. The van der Waals surface area contributed by atoms with Gasteiger partial charge in [-0.3, -0.25) is 9.78 Å². The van der Waals surface area contributed by atoms with E-state index in [1.54, 1.807) is 12.3 Å². The van der Waals surface area contributed by atoms with Crippen molar-refractivity contribution in [3.8, 4) is 5.75 Å². The van der Waals surface area contributed by atoms with Gasteiger partial charge >= 0.3 is 0 Å². The molecule has 0 aliphatic heterocycles. The van der Waals surface area contributed by atoms with E-state index in [1.165, 1.54) is 0 Å². The zero-order valence-corrected chi connectivity index (χ0v) is 13.2. The third kappa shape index (κ3) is 4.20. The van der Waals surface area contributed by atoms with Gasteiger partial charge < -0.3 is 10.1 Å². The van der Waals surface area contributed by atoms with Gasteiger partial charge in [-0.15, -0.1) is 0 Å². The number of hydrogen-bond acceptors (Lipinski definition) is 3. The molecule has 0 aliphatic carbocycles. The summed E-state index contributed by atoms with van der Waals surface area (Å²) < 4.78 is 5.54. The number of carbonyl (C=O) groups excluding carboxylic acids is 1. The van der Waals surface area contributed by atoms with Crippen LogP contribution in [0.25, 0.3) is 10.9 Å². The Balaban J connectivity index is 1.47. The van der Waals surface area contributed by atoms with Crippen LogP contribution < -0.4 is 10.1 Å². The van der Waals surface area contributed by atoms with Crippen LogP contribution in [-0.2, 0) is 0 Å². The molecule has 4 heteroatoms. The number of hydrogen-bond donors (Lipinski definition) is 1. The van der Waals surface area contributed by atoms with E-state index in [4.69, 9.17) is 4.74 Å². The summed E-state index contributed by atoms with van der Waals surface area (Å²) in [6, 6.07) is 18.9. The van der Waals surface area contributed by atoms with Crippen molar-refractivity contribution in [1.29, 1.82) is 0 Å². The van der Waals surface area contributed by atoms with E-state index >= 15 is 0 Å². The maximum Gasteiger partial charge on any atom is 0.251 e. The largest absolute Gasteiger partial charge is 0.490 e. The number of nitrogens with one attached hydrogen (secondary N) is 1. The zero-order chi connectivity index (χ0) is 16.6. The maximum absolute atomic E-state index is 12.1. The lowest BCUT2D eigenvalue weighted by Crippen LogP contribution is -2.23. The molecule has 0 unspecified atom stereocenters. The molecule has 0 atom stereocenters. The number of ether oxygens (including phenoxy) is 1. The van der Waals surface area contributed by atoms with E-state index in [0.29, 0.717) is 18.7 Å². The summed E-state index contributed by atoms with van der Waals surface area (Å²) in [6.07, 6.45) is 5.51. The molecule has 0 bridgehead atoms. The summed E-state index contributed by atoms with van der Waals surface area (Å²) in [4.78, 5) is 16.4. The molecule has 0 saturated heterocycles. The van der Waals surface area contributed by atoms with E-state index < -0.39 is 0 Å². The van der Waals surface area contributed by atoms with Crippen LogP contribution in [0, 0.1) is 0 Å². The molecule has 0 saturated carbocycles. The van der Waals surface area contributed by atoms with Gasteiger partial charge in [0.25, 0.3) is 5.91 Å². The van der Waals surface area contributed by atoms with Crippen LogP contribution in [0.1, 0.15) is 10.4 Å². The Bertz CT molecular complexity index is 844. The van der Waals surface area contributed by atoms with Crippen molar-refractivity contribution in [3.05, 3.63) is 84.6 Å². The Kier molecular flexibility index (Phi) is 5.20. The SMILES string of the molecule is O=C(NCC=CCOc1ccccc1)c1ccc2ncccc2c1. The molecule has 4 nitrogen and oxygen atoms in total. The number of carbonyl (C=O) groups is 1. The van der Waals surface area contributed by atoms with Gasteiger partial charge in [0, 0.05) is 23.7 Å². The van der Waals surface area contributed by atoms with Crippen LogP contribution in [-0.4, -0.2) is 24.0 Å². The van der Waals surface area contributed by atoms with Crippen LogP contribution in [0.3, 0.4) is 0 Å². The Morgan fingerprint density at radius 1 is 1.04 bits per heavy atom.